The minimum Gasteiger partial charge on any atom is -0.508 e. The number of phenolic OH excluding ortho intramolecular Hbond substituents is 1. The highest BCUT2D eigenvalue weighted by Gasteiger charge is 2.55. The summed E-state index contributed by atoms with van der Waals surface area (Å²) in [7, 11) is 0. The van der Waals surface area contributed by atoms with E-state index in [4.69, 9.17) is 0 Å². The first-order chi connectivity index (χ1) is 9.73. The number of hydrogen-bond donors (Lipinski definition) is 2. The molecule has 3 atom stereocenters. The van der Waals surface area contributed by atoms with E-state index in [1.54, 1.807) is 12.1 Å². The molecule has 0 radical (unpaired) electrons. The zero-order chi connectivity index (χ0) is 15.5. The van der Waals surface area contributed by atoms with Crippen molar-refractivity contribution in [2.24, 2.45) is 11.3 Å². The number of phenols is 1. The molecule has 2 aliphatic rings. The quantitative estimate of drug-likeness (QED) is 0.758. The monoisotopic (exact) mass is 286 g/mol. The minimum absolute atomic E-state index is 0.0189. The third kappa shape index (κ3) is 1.96. The number of aliphatic hydroxyl groups is 1. The van der Waals surface area contributed by atoms with Crippen molar-refractivity contribution in [3.63, 3.8) is 0 Å². The lowest BCUT2D eigenvalue weighted by Crippen LogP contribution is -2.52. The molecule has 1 saturated carbocycles. The van der Waals surface area contributed by atoms with Gasteiger partial charge in [0.2, 0.25) is 0 Å². The van der Waals surface area contributed by atoms with Gasteiger partial charge in [0.25, 0.3) is 0 Å². The van der Waals surface area contributed by atoms with E-state index in [2.05, 4.69) is 27.4 Å². The lowest BCUT2D eigenvalue weighted by molar-refractivity contribution is -0.0416. The molecule has 0 saturated heterocycles. The highest BCUT2D eigenvalue weighted by molar-refractivity contribution is 5.48. The fourth-order valence-electron chi connectivity index (χ4n) is 4.94. The SMILES string of the molecule is C=C[C@@]1(O)C[C@@H]2C(C)(C)CCC[C@@]2(C)c2cc(O)ccc21. The maximum Gasteiger partial charge on any atom is 0.115 e. The van der Waals surface area contributed by atoms with E-state index in [9.17, 15) is 10.2 Å². The van der Waals surface area contributed by atoms with Crippen LogP contribution in [0.1, 0.15) is 57.6 Å². The predicted octanol–water partition coefficient (Wildman–Crippen LogP) is 4.25. The summed E-state index contributed by atoms with van der Waals surface area (Å²) in [4.78, 5) is 0. The van der Waals surface area contributed by atoms with Crippen LogP contribution in [0.5, 0.6) is 5.75 Å². The summed E-state index contributed by atoms with van der Waals surface area (Å²) < 4.78 is 0. The van der Waals surface area contributed by atoms with E-state index in [1.165, 1.54) is 12.8 Å². The van der Waals surface area contributed by atoms with Crippen molar-refractivity contribution in [1.82, 2.24) is 0 Å². The number of fused-ring (bicyclic) bond motifs is 3. The second kappa shape index (κ2) is 4.36. The Bertz CT molecular complexity index is 589. The van der Waals surface area contributed by atoms with Crippen molar-refractivity contribution in [2.75, 3.05) is 0 Å². The second-order valence-electron chi connectivity index (χ2n) is 7.87. The maximum atomic E-state index is 11.1. The van der Waals surface area contributed by atoms with Crippen LogP contribution in [0.4, 0.5) is 0 Å². The molecule has 2 heteroatoms. The van der Waals surface area contributed by atoms with E-state index in [0.29, 0.717) is 5.92 Å². The number of hydrogen-bond acceptors (Lipinski definition) is 2. The molecular weight excluding hydrogens is 260 g/mol. The van der Waals surface area contributed by atoms with Gasteiger partial charge in [-0.3, -0.25) is 0 Å². The summed E-state index contributed by atoms with van der Waals surface area (Å²) in [5, 5.41) is 21.1. The fourth-order valence-corrected chi connectivity index (χ4v) is 4.94. The van der Waals surface area contributed by atoms with Gasteiger partial charge in [0.15, 0.2) is 0 Å². The molecule has 1 aromatic carbocycles. The summed E-state index contributed by atoms with van der Waals surface area (Å²) in [5.74, 6) is 0.668. The van der Waals surface area contributed by atoms with Crippen molar-refractivity contribution >= 4 is 0 Å². The van der Waals surface area contributed by atoms with Crippen LogP contribution in [0, 0.1) is 11.3 Å². The third-order valence-electron chi connectivity index (χ3n) is 6.17. The average Bonchev–Trinajstić information content (AvgIpc) is 2.42. The van der Waals surface area contributed by atoms with Gasteiger partial charge in [-0.25, -0.2) is 0 Å². The first-order valence-electron chi connectivity index (χ1n) is 7.93. The molecule has 0 aromatic heterocycles. The fraction of sp³-hybridized carbons (Fsp3) is 0.579. The van der Waals surface area contributed by atoms with Gasteiger partial charge in [-0.15, -0.1) is 0 Å². The molecule has 3 rings (SSSR count). The summed E-state index contributed by atoms with van der Waals surface area (Å²) >= 11 is 0. The smallest absolute Gasteiger partial charge is 0.115 e. The van der Waals surface area contributed by atoms with Gasteiger partial charge in [-0.05, 0) is 59.3 Å². The highest BCUT2D eigenvalue weighted by atomic mass is 16.3. The van der Waals surface area contributed by atoms with Gasteiger partial charge in [0.05, 0.1) is 0 Å². The molecule has 0 bridgehead atoms. The normalized spacial score (nSPS) is 37.4. The van der Waals surface area contributed by atoms with Gasteiger partial charge >= 0.3 is 0 Å². The van der Waals surface area contributed by atoms with E-state index in [1.807, 2.05) is 12.1 Å². The Morgan fingerprint density at radius 2 is 1.90 bits per heavy atom. The van der Waals surface area contributed by atoms with Gasteiger partial charge in [0.1, 0.15) is 11.4 Å². The van der Waals surface area contributed by atoms with Crippen LogP contribution in [0.15, 0.2) is 30.9 Å². The molecule has 2 aliphatic carbocycles. The summed E-state index contributed by atoms with van der Waals surface area (Å²) in [5.41, 5.74) is 1.25. The van der Waals surface area contributed by atoms with Crippen LogP contribution in [-0.2, 0) is 11.0 Å². The average molecular weight is 286 g/mol. The van der Waals surface area contributed by atoms with E-state index < -0.39 is 5.60 Å². The van der Waals surface area contributed by atoms with Crippen LogP contribution in [0.2, 0.25) is 0 Å². The van der Waals surface area contributed by atoms with Gasteiger partial charge < -0.3 is 10.2 Å². The summed E-state index contributed by atoms with van der Waals surface area (Å²) in [6.45, 7) is 10.8. The summed E-state index contributed by atoms with van der Waals surface area (Å²) in [6, 6.07) is 5.40. The van der Waals surface area contributed by atoms with E-state index in [-0.39, 0.29) is 16.6 Å². The molecule has 0 aliphatic heterocycles. The predicted molar refractivity (Wildman–Crippen MR) is 85.3 cm³/mol. The molecule has 0 spiro atoms. The van der Waals surface area contributed by atoms with Crippen molar-refractivity contribution in [3.05, 3.63) is 42.0 Å². The Hall–Kier alpha value is -1.28. The van der Waals surface area contributed by atoms with E-state index >= 15 is 0 Å². The molecule has 114 valence electrons. The molecule has 2 N–H and O–H groups in total. The molecule has 1 aromatic rings. The Morgan fingerprint density at radius 3 is 2.57 bits per heavy atom. The van der Waals surface area contributed by atoms with Crippen molar-refractivity contribution in [2.45, 2.75) is 57.5 Å². The zero-order valence-electron chi connectivity index (χ0n) is 13.3. The van der Waals surface area contributed by atoms with Crippen molar-refractivity contribution in [1.29, 1.82) is 0 Å². The maximum absolute atomic E-state index is 11.1. The first kappa shape index (κ1) is 14.6. The second-order valence-corrected chi connectivity index (χ2v) is 7.87. The molecule has 2 nitrogen and oxygen atoms in total. The standard InChI is InChI=1S/C19H26O2/c1-5-19(21)12-16-17(2,3)9-6-10-18(16,4)15-11-13(20)7-8-14(15)19/h5,7-8,11,16,20-21H,1,6,9-10,12H2,2-4H3/t16-,18+,19-/m1/s1. The Labute approximate surface area is 127 Å². The molecular formula is C19H26O2. The van der Waals surface area contributed by atoms with Crippen LogP contribution < -0.4 is 0 Å². The van der Waals surface area contributed by atoms with Gasteiger partial charge in [-0.1, -0.05) is 45.9 Å². The number of rotatable bonds is 1. The van der Waals surface area contributed by atoms with Gasteiger partial charge in [0, 0.05) is 0 Å². The molecule has 0 heterocycles. The number of aromatic hydroxyl groups is 1. The highest BCUT2D eigenvalue weighted by Crippen LogP contribution is 2.60. The summed E-state index contributed by atoms with van der Waals surface area (Å²) in [6.07, 6.45) is 5.89. The van der Waals surface area contributed by atoms with Crippen LogP contribution in [-0.4, -0.2) is 10.2 Å². The van der Waals surface area contributed by atoms with Crippen LogP contribution in [0.3, 0.4) is 0 Å². The lowest BCUT2D eigenvalue weighted by Gasteiger charge is -2.57. The van der Waals surface area contributed by atoms with Crippen LogP contribution in [0.25, 0.3) is 0 Å². The van der Waals surface area contributed by atoms with E-state index in [0.717, 1.165) is 24.0 Å². The van der Waals surface area contributed by atoms with Crippen LogP contribution >= 0.6 is 0 Å². The Morgan fingerprint density at radius 1 is 1.19 bits per heavy atom. The zero-order valence-corrected chi connectivity index (χ0v) is 13.3. The lowest BCUT2D eigenvalue weighted by atomic mass is 9.48. The largest absolute Gasteiger partial charge is 0.508 e. The minimum atomic E-state index is -0.984. The molecule has 1 fully saturated rings. The van der Waals surface area contributed by atoms with Crippen molar-refractivity contribution in [3.8, 4) is 5.75 Å². The molecule has 0 amide bonds. The Kier molecular flexibility index (Phi) is 3.04. The molecule has 0 unspecified atom stereocenters. The van der Waals surface area contributed by atoms with Crippen molar-refractivity contribution < 1.29 is 10.2 Å². The third-order valence-corrected chi connectivity index (χ3v) is 6.17. The topological polar surface area (TPSA) is 40.5 Å². The van der Waals surface area contributed by atoms with Gasteiger partial charge in [-0.2, -0.15) is 0 Å². The molecule has 21 heavy (non-hydrogen) atoms. The first-order valence-corrected chi connectivity index (χ1v) is 7.93. The Balaban J connectivity index is 2.26. The number of benzene rings is 1.